The summed E-state index contributed by atoms with van der Waals surface area (Å²) in [6, 6.07) is 3.27. The zero-order chi connectivity index (χ0) is 7.84. The monoisotopic (exact) mass is 149 g/mol. The van der Waals surface area contributed by atoms with Crippen molar-refractivity contribution < 1.29 is 4.39 Å². The van der Waals surface area contributed by atoms with Crippen molar-refractivity contribution in [1.29, 1.82) is 0 Å². The van der Waals surface area contributed by atoms with Gasteiger partial charge in [0.1, 0.15) is 12.0 Å². The molecule has 1 aliphatic heterocycles. The van der Waals surface area contributed by atoms with Crippen LogP contribution in [0.1, 0.15) is 5.56 Å². The highest BCUT2D eigenvalue weighted by Crippen LogP contribution is 2.32. The summed E-state index contributed by atoms with van der Waals surface area (Å²) >= 11 is 0. The van der Waals surface area contributed by atoms with Crippen molar-refractivity contribution in [3.63, 3.8) is 0 Å². The summed E-state index contributed by atoms with van der Waals surface area (Å²) in [7, 11) is 0. The van der Waals surface area contributed by atoms with Gasteiger partial charge in [-0.15, -0.1) is 0 Å². The molecule has 0 N–H and O–H groups in total. The molecule has 2 rings (SSSR count). The fraction of sp³-hybridized carbons (Fsp3) is 0.125. The van der Waals surface area contributed by atoms with E-state index in [1.165, 1.54) is 12.4 Å². The van der Waals surface area contributed by atoms with Gasteiger partial charge in [0.2, 0.25) is 0 Å². The zero-order valence-corrected chi connectivity index (χ0v) is 6.00. The van der Waals surface area contributed by atoms with Crippen molar-refractivity contribution in [3.05, 3.63) is 23.5 Å². The predicted molar refractivity (Wildman–Crippen MR) is 41.1 cm³/mol. The summed E-state index contributed by atoms with van der Waals surface area (Å²) in [6.45, 7) is 1.83. The molecule has 1 aromatic rings. The lowest BCUT2D eigenvalue weighted by Gasteiger charge is -1.98. The first kappa shape index (κ1) is 6.34. The summed E-state index contributed by atoms with van der Waals surface area (Å²) < 4.78 is 13.0. The van der Waals surface area contributed by atoms with Gasteiger partial charge in [0.05, 0.1) is 5.69 Å². The first-order valence-corrected chi connectivity index (χ1v) is 3.31. The van der Waals surface area contributed by atoms with Gasteiger partial charge in [0.15, 0.2) is 5.82 Å². The average Bonchev–Trinajstić information content (AvgIpc) is 2.34. The van der Waals surface area contributed by atoms with E-state index < -0.39 is 0 Å². The van der Waals surface area contributed by atoms with Crippen LogP contribution in [0.5, 0.6) is 0 Å². The van der Waals surface area contributed by atoms with Gasteiger partial charge >= 0.3 is 0 Å². The van der Waals surface area contributed by atoms with Crippen LogP contribution in [-0.2, 0) is 0 Å². The Balaban J connectivity index is 2.67. The Morgan fingerprint density at radius 3 is 3.00 bits per heavy atom. The maximum atomic E-state index is 13.0. The van der Waals surface area contributed by atoms with Gasteiger partial charge in [-0.2, -0.15) is 0 Å². The molecule has 0 aliphatic carbocycles. The zero-order valence-electron chi connectivity index (χ0n) is 6.00. The van der Waals surface area contributed by atoms with Gasteiger partial charge in [0.25, 0.3) is 0 Å². The minimum absolute atomic E-state index is 0.294. The molecular formula is C8H6FN2. The molecule has 2 nitrogen and oxygen atoms in total. The van der Waals surface area contributed by atoms with E-state index in [-0.39, 0.29) is 5.82 Å². The van der Waals surface area contributed by atoms with Gasteiger partial charge < -0.3 is 0 Å². The summed E-state index contributed by atoms with van der Waals surface area (Å²) in [6.07, 6.45) is 1.37. The maximum Gasteiger partial charge on any atom is 0.151 e. The Morgan fingerprint density at radius 1 is 1.36 bits per heavy atom. The lowest BCUT2D eigenvalue weighted by Crippen LogP contribution is -1.86. The summed E-state index contributed by atoms with van der Waals surface area (Å²) in [4.78, 5) is 3.77. The third-order valence-corrected chi connectivity index (χ3v) is 1.57. The molecule has 55 valence electrons. The topological polar surface area (TPSA) is 26.5 Å². The summed E-state index contributed by atoms with van der Waals surface area (Å²) in [5, 5.41) is 3.89. The van der Waals surface area contributed by atoms with E-state index in [0.29, 0.717) is 11.4 Å². The van der Waals surface area contributed by atoms with Crippen molar-refractivity contribution in [1.82, 2.24) is 5.32 Å². The normalized spacial score (nSPS) is 12.9. The van der Waals surface area contributed by atoms with E-state index in [1.807, 2.05) is 13.0 Å². The van der Waals surface area contributed by atoms with E-state index in [1.54, 1.807) is 0 Å². The SMILES string of the molecule is Cc1cc(F)c2c(c1)[N]C=N2. The van der Waals surface area contributed by atoms with Crippen LogP contribution in [0.25, 0.3) is 0 Å². The number of aliphatic imine (C=N–C) groups is 1. The molecule has 0 atom stereocenters. The molecule has 1 heterocycles. The van der Waals surface area contributed by atoms with Gasteiger partial charge in [-0.05, 0) is 24.6 Å². The largest absolute Gasteiger partial charge is 0.235 e. The number of nitrogens with zero attached hydrogens (tertiary/aromatic N) is 2. The predicted octanol–water partition coefficient (Wildman–Crippen LogP) is 2.04. The van der Waals surface area contributed by atoms with Crippen LogP contribution < -0.4 is 5.32 Å². The molecule has 1 aromatic carbocycles. The Morgan fingerprint density at radius 2 is 2.18 bits per heavy atom. The molecule has 0 amide bonds. The van der Waals surface area contributed by atoms with Crippen molar-refractivity contribution in [2.24, 2.45) is 4.99 Å². The number of hydrogen-bond donors (Lipinski definition) is 0. The Hall–Kier alpha value is -1.38. The molecule has 0 fully saturated rings. The van der Waals surface area contributed by atoms with Crippen LogP contribution in [0.4, 0.5) is 15.8 Å². The maximum absolute atomic E-state index is 13.0. The molecule has 11 heavy (non-hydrogen) atoms. The van der Waals surface area contributed by atoms with Crippen LogP contribution in [0.2, 0.25) is 0 Å². The summed E-state index contributed by atoms with van der Waals surface area (Å²) in [5.74, 6) is -0.294. The quantitative estimate of drug-likeness (QED) is 0.539. The molecular weight excluding hydrogens is 143 g/mol. The molecule has 0 saturated heterocycles. The molecule has 0 aromatic heterocycles. The average molecular weight is 149 g/mol. The van der Waals surface area contributed by atoms with Crippen molar-refractivity contribution in [2.45, 2.75) is 6.92 Å². The number of halogens is 1. The second kappa shape index (κ2) is 2.05. The smallest absolute Gasteiger partial charge is 0.151 e. The number of fused-ring (bicyclic) bond motifs is 1. The second-order valence-corrected chi connectivity index (χ2v) is 2.49. The molecule has 1 radical (unpaired) electrons. The lowest BCUT2D eigenvalue weighted by atomic mass is 10.2. The van der Waals surface area contributed by atoms with Gasteiger partial charge in [-0.25, -0.2) is 14.7 Å². The highest BCUT2D eigenvalue weighted by atomic mass is 19.1. The van der Waals surface area contributed by atoms with E-state index >= 15 is 0 Å². The van der Waals surface area contributed by atoms with E-state index in [9.17, 15) is 4.39 Å². The Kier molecular flexibility index (Phi) is 1.18. The fourth-order valence-corrected chi connectivity index (χ4v) is 1.09. The van der Waals surface area contributed by atoms with Crippen molar-refractivity contribution in [2.75, 3.05) is 0 Å². The first-order chi connectivity index (χ1) is 5.27. The third-order valence-electron chi connectivity index (χ3n) is 1.57. The number of hydrogen-bond acceptors (Lipinski definition) is 1. The van der Waals surface area contributed by atoms with Crippen LogP contribution in [-0.4, -0.2) is 6.34 Å². The van der Waals surface area contributed by atoms with Crippen molar-refractivity contribution >= 4 is 17.7 Å². The highest BCUT2D eigenvalue weighted by molar-refractivity contribution is 5.82. The Labute approximate surface area is 63.8 Å². The molecule has 0 unspecified atom stereocenters. The van der Waals surface area contributed by atoms with Gasteiger partial charge in [-0.1, -0.05) is 0 Å². The third kappa shape index (κ3) is 0.888. The molecule has 1 aliphatic rings. The van der Waals surface area contributed by atoms with Gasteiger partial charge in [-0.3, -0.25) is 0 Å². The summed E-state index contributed by atoms with van der Waals surface area (Å²) in [5.41, 5.74) is 1.86. The fourth-order valence-electron chi connectivity index (χ4n) is 1.09. The number of benzene rings is 1. The van der Waals surface area contributed by atoms with E-state index in [2.05, 4.69) is 10.3 Å². The van der Waals surface area contributed by atoms with Gasteiger partial charge in [0, 0.05) is 0 Å². The van der Waals surface area contributed by atoms with Crippen LogP contribution in [0.3, 0.4) is 0 Å². The van der Waals surface area contributed by atoms with Crippen LogP contribution in [0.15, 0.2) is 17.1 Å². The number of aryl methyl sites for hydroxylation is 1. The molecule has 0 saturated carbocycles. The highest BCUT2D eigenvalue weighted by Gasteiger charge is 2.12. The minimum atomic E-state index is -0.294. The lowest BCUT2D eigenvalue weighted by molar-refractivity contribution is 0.629. The standard InChI is InChI=1S/C8H6FN2/c1-5-2-6(9)8-7(3-5)10-4-11-8/h2-4H,1H3. The molecule has 3 heteroatoms. The second-order valence-electron chi connectivity index (χ2n) is 2.49. The van der Waals surface area contributed by atoms with E-state index in [4.69, 9.17) is 0 Å². The van der Waals surface area contributed by atoms with Crippen LogP contribution in [0, 0.1) is 12.7 Å². The molecule has 0 spiro atoms. The van der Waals surface area contributed by atoms with Crippen LogP contribution >= 0.6 is 0 Å². The van der Waals surface area contributed by atoms with Crippen molar-refractivity contribution in [3.8, 4) is 0 Å². The minimum Gasteiger partial charge on any atom is -0.235 e. The first-order valence-electron chi connectivity index (χ1n) is 3.31. The number of rotatable bonds is 0. The molecule has 0 bridgehead atoms. The Bertz CT molecular complexity index is 331. The van der Waals surface area contributed by atoms with E-state index in [0.717, 1.165) is 5.56 Å².